The quantitative estimate of drug-likeness (QED) is 0.820. The van der Waals surface area contributed by atoms with Gasteiger partial charge < -0.3 is 10.0 Å². The number of carboxylic acids is 1. The number of amides is 1. The predicted molar refractivity (Wildman–Crippen MR) is 101 cm³/mol. The molecule has 0 fully saturated rings. The lowest BCUT2D eigenvalue weighted by Crippen LogP contribution is -2.24. The summed E-state index contributed by atoms with van der Waals surface area (Å²) in [5.74, 6) is -1.41. The lowest BCUT2D eigenvalue weighted by atomic mass is 10.1. The summed E-state index contributed by atoms with van der Waals surface area (Å²) in [6.07, 6.45) is 1.68. The van der Waals surface area contributed by atoms with Gasteiger partial charge in [0.25, 0.3) is 5.91 Å². The van der Waals surface area contributed by atoms with E-state index in [4.69, 9.17) is 11.6 Å². The van der Waals surface area contributed by atoms with Gasteiger partial charge in [0, 0.05) is 12.1 Å². The first-order chi connectivity index (χ1) is 12.0. The molecule has 0 aliphatic carbocycles. The Morgan fingerprint density at radius 1 is 1.20 bits per heavy atom. The van der Waals surface area contributed by atoms with Crippen LogP contribution in [0, 0.1) is 0 Å². The van der Waals surface area contributed by atoms with Crippen molar-refractivity contribution in [3.63, 3.8) is 0 Å². The van der Waals surface area contributed by atoms with Crippen LogP contribution in [0.25, 0.3) is 6.08 Å². The Morgan fingerprint density at radius 2 is 1.88 bits per heavy atom. The molecule has 0 atom stereocenters. The van der Waals surface area contributed by atoms with Crippen LogP contribution in [0.3, 0.4) is 0 Å². The van der Waals surface area contributed by atoms with Gasteiger partial charge in [0.2, 0.25) is 0 Å². The number of para-hydroxylation sites is 1. The molecular formula is C18H13ClN2O3S. The van der Waals surface area contributed by atoms with Crippen molar-refractivity contribution in [3.05, 3.63) is 69.6 Å². The van der Waals surface area contributed by atoms with Crippen molar-refractivity contribution in [1.82, 2.24) is 0 Å². The van der Waals surface area contributed by atoms with Crippen LogP contribution in [0.15, 0.2) is 58.4 Å². The predicted octanol–water partition coefficient (Wildman–Crippen LogP) is 4.14. The summed E-state index contributed by atoms with van der Waals surface area (Å²) >= 11 is 7.30. The van der Waals surface area contributed by atoms with Crippen LogP contribution < -0.4 is 4.90 Å². The van der Waals surface area contributed by atoms with Gasteiger partial charge in [-0.05, 0) is 41.6 Å². The second-order valence-corrected chi connectivity index (χ2v) is 6.63. The molecule has 0 spiro atoms. The van der Waals surface area contributed by atoms with Crippen LogP contribution in [0.5, 0.6) is 0 Å². The summed E-state index contributed by atoms with van der Waals surface area (Å²) in [7, 11) is 1.68. The zero-order valence-electron chi connectivity index (χ0n) is 13.1. The number of rotatable bonds is 3. The van der Waals surface area contributed by atoms with Crippen LogP contribution >= 0.6 is 23.4 Å². The molecule has 0 saturated carbocycles. The summed E-state index contributed by atoms with van der Waals surface area (Å²) in [4.78, 5) is 29.6. The molecule has 1 amide bonds. The van der Waals surface area contributed by atoms with E-state index in [2.05, 4.69) is 4.99 Å². The molecule has 5 nitrogen and oxygen atoms in total. The number of hydrogen-bond acceptors (Lipinski definition) is 4. The number of carbonyl (C=O) groups is 2. The molecule has 2 aromatic carbocycles. The molecule has 1 N–H and O–H groups in total. The second kappa shape index (κ2) is 7.13. The molecule has 7 heteroatoms. The normalized spacial score (nSPS) is 15.4. The van der Waals surface area contributed by atoms with Crippen LogP contribution in [-0.4, -0.2) is 29.2 Å². The first kappa shape index (κ1) is 17.3. The van der Waals surface area contributed by atoms with E-state index < -0.39 is 5.97 Å². The summed E-state index contributed by atoms with van der Waals surface area (Å²) in [6.45, 7) is 0. The topological polar surface area (TPSA) is 70.0 Å². The zero-order chi connectivity index (χ0) is 18.0. The fraction of sp³-hybridized carbons (Fsp3) is 0.0556. The van der Waals surface area contributed by atoms with Gasteiger partial charge in [-0.25, -0.2) is 4.79 Å². The third kappa shape index (κ3) is 3.60. The first-order valence-corrected chi connectivity index (χ1v) is 8.50. The number of carboxylic acid groups (broad SMARTS) is 1. The third-order valence-corrected chi connectivity index (χ3v) is 4.99. The number of halogens is 1. The van der Waals surface area contributed by atoms with Crippen molar-refractivity contribution in [2.45, 2.75) is 0 Å². The van der Waals surface area contributed by atoms with E-state index in [0.29, 0.717) is 20.8 Å². The molecule has 1 aliphatic heterocycles. The van der Waals surface area contributed by atoms with Crippen molar-refractivity contribution >= 4 is 52.2 Å². The molecule has 1 heterocycles. The van der Waals surface area contributed by atoms with Crippen molar-refractivity contribution in [3.8, 4) is 0 Å². The average molecular weight is 373 g/mol. The number of aromatic carboxylic acids is 1. The maximum atomic E-state index is 12.2. The molecule has 126 valence electrons. The van der Waals surface area contributed by atoms with Gasteiger partial charge in [0.15, 0.2) is 5.17 Å². The number of carbonyl (C=O) groups excluding carboxylic acids is 1. The Hall–Kier alpha value is -2.57. The zero-order valence-corrected chi connectivity index (χ0v) is 14.7. The number of thioether (sulfide) groups is 1. The first-order valence-electron chi connectivity index (χ1n) is 7.30. The Balaban J connectivity index is 1.89. The largest absolute Gasteiger partial charge is 0.478 e. The summed E-state index contributed by atoms with van der Waals surface area (Å²) in [5.41, 5.74) is 1.34. The molecule has 0 radical (unpaired) electrons. The highest BCUT2D eigenvalue weighted by Crippen LogP contribution is 2.33. The van der Waals surface area contributed by atoms with Gasteiger partial charge in [-0.1, -0.05) is 41.9 Å². The molecule has 25 heavy (non-hydrogen) atoms. The van der Waals surface area contributed by atoms with E-state index >= 15 is 0 Å². The van der Waals surface area contributed by atoms with Crippen molar-refractivity contribution < 1.29 is 14.7 Å². The van der Waals surface area contributed by atoms with E-state index in [1.807, 2.05) is 18.2 Å². The maximum absolute atomic E-state index is 12.2. The molecular weight excluding hydrogens is 360 g/mol. The van der Waals surface area contributed by atoms with Crippen LogP contribution in [0.2, 0.25) is 5.02 Å². The van der Waals surface area contributed by atoms with Crippen molar-refractivity contribution in [2.75, 3.05) is 11.9 Å². The monoisotopic (exact) mass is 372 g/mol. The highest BCUT2D eigenvalue weighted by molar-refractivity contribution is 8.18. The number of amidine groups is 1. The molecule has 0 unspecified atom stereocenters. The van der Waals surface area contributed by atoms with Crippen LogP contribution in [0.1, 0.15) is 15.9 Å². The van der Waals surface area contributed by atoms with E-state index in [1.165, 1.54) is 17.8 Å². The molecule has 0 aromatic heterocycles. The fourth-order valence-electron chi connectivity index (χ4n) is 2.32. The number of aliphatic imine (C=N–C) groups is 1. The number of hydrogen-bond donors (Lipinski definition) is 1. The second-order valence-electron chi connectivity index (χ2n) is 5.21. The van der Waals surface area contributed by atoms with Gasteiger partial charge >= 0.3 is 5.97 Å². The maximum Gasteiger partial charge on any atom is 0.337 e. The minimum Gasteiger partial charge on any atom is -0.478 e. The van der Waals surface area contributed by atoms with Crippen LogP contribution in [0.4, 0.5) is 5.69 Å². The molecule has 3 rings (SSSR count). The minimum absolute atomic E-state index is 0.143. The van der Waals surface area contributed by atoms with Crippen molar-refractivity contribution in [1.29, 1.82) is 0 Å². The molecule has 0 saturated heterocycles. The summed E-state index contributed by atoms with van der Waals surface area (Å²) in [5, 5.41) is 10.3. The standard InChI is InChI=1S/C18H13ClN2O3S/c1-21(14-9-5-3-7-12(14)17(23)24)18-20-16(22)15(25-18)10-11-6-2-4-8-13(11)19/h2-10H,1H3,(H,23,24)/b15-10-. The Labute approximate surface area is 153 Å². The molecule has 0 bridgehead atoms. The van der Waals surface area contributed by atoms with Gasteiger partial charge in [-0.15, -0.1) is 0 Å². The smallest absolute Gasteiger partial charge is 0.337 e. The number of anilines is 1. The van der Waals surface area contributed by atoms with Gasteiger partial charge in [-0.2, -0.15) is 4.99 Å². The number of benzene rings is 2. The number of nitrogens with zero attached hydrogens (tertiary/aromatic N) is 2. The Kier molecular flexibility index (Phi) is 4.92. The van der Waals surface area contributed by atoms with Crippen LogP contribution in [-0.2, 0) is 4.79 Å². The SMILES string of the molecule is CN(C1=NC(=O)/C(=C/c2ccccc2Cl)S1)c1ccccc1C(=O)O. The summed E-state index contributed by atoms with van der Waals surface area (Å²) < 4.78 is 0. The van der Waals surface area contributed by atoms with Gasteiger partial charge in [-0.3, -0.25) is 4.79 Å². The van der Waals surface area contributed by atoms with Gasteiger partial charge in [0.1, 0.15) is 0 Å². The van der Waals surface area contributed by atoms with Crippen molar-refractivity contribution in [2.24, 2.45) is 4.99 Å². The average Bonchev–Trinajstić information content (AvgIpc) is 2.97. The van der Waals surface area contributed by atoms with E-state index in [0.717, 1.165) is 5.56 Å². The third-order valence-electron chi connectivity index (χ3n) is 3.58. The fourth-order valence-corrected chi connectivity index (χ4v) is 3.39. The molecule has 2 aromatic rings. The van der Waals surface area contributed by atoms with E-state index in [1.54, 1.807) is 42.3 Å². The highest BCUT2D eigenvalue weighted by atomic mass is 35.5. The van der Waals surface area contributed by atoms with Gasteiger partial charge in [0.05, 0.1) is 16.2 Å². The Morgan fingerprint density at radius 3 is 2.60 bits per heavy atom. The minimum atomic E-state index is -1.04. The van der Waals surface area contributed by atoms with E-state index in [-0.39, 0.29) is 11.5 Å². The lowest BCUT2D eigenvalue weighted by molar-refractivity contribution is -0.113. The highest BCUT2D eigenvalue weighted by Gasteiger charge is 2.27. The lowest BCUT2D eigenvalue weighted by Gasteiger charge is -2.19. The molecule has 1 aliphatic rings. The summed E-state index contributed by atoms with van der Waals surface area (Å²) in [6, 6.07) is 13.8. The Bertz CT molecular complexity index is 924. The van der Waals surface area contributed by atoms with E-state index in [9.17, 15) is 14.7 Å².